The van der Waals surface area contributed by atoms with Gasteiger partial charge in [0.25, 0.3) is 0 Å². The van der Waals surface area contributed by atoms with Gasteiger partial charge >= 0.3 is 5.97 Å². The first-order valence-corrected chi connectivity index (χ1v) is 9.36. The number of nitrogens with two attached hydrogens (primary N) is 2. The number of thiol groups is 1. The lowest BCUT2D eigenvalue weighted by atomic mass is 10.0. The summed E-state index contributed by atoms with van der Waals surface area (Å²) < 4.78 is 0. The maximum Gasteiger partial charge on any atom is 0.322 e. The third-order valence-corrected chi connectivity index (χ3v) is 3.97. The van der Waals surface area contributed by atoms with Crippen LogP contribution in [0.2, 0.25) is 0 Å². The molecule has 0 aliphatic rings. The number of carboxylic acids is 1. The Morgan fingerprint density at radius 3 is 2.04 bits per heavy atom. The molecule has 0 aromatic heterocycles. The predicted octanol–water partition coefficient (Wildman–Crippen LogP) is -2.27. The van der Waals surface area contributed by atoms with Gasteiger partial charge in [0, 0.05) is 12.2 Å². The molecule has 0 aromatic carbocycles. The molecule has 3 atom stereocenters. The number of amides is 4. The van der Waals surface area contributed by atoms with Crippen LogP contribution in [-0.2, 0) is 24.0 Å². The van der Waals surface area contributed by atoms with Gasteiger partial charge < -0.3 is 32.5 Å². The van der Waals surface area contributed by atoms with Gasteiger partial charge in [-0.2, -0.15) is 12.6 Å². The first-order valence-electron chi connectivity index (χ1n) is 8.72. The van der Waals surface area contributed by atoms with Gasteiger partial charge in [-0.15, -0.1) is 0 Å². The van der Waals surface area contributed by atoms with E-state index in [0.717, 1.165) is 0 Å². The Labute approximate surface area is 168 Å². The van der Waals surface area contributed by atoms with E-state index in [2.05, 4.69) is 28.6 Å². The molecule has 0 radical (unpaired) electrons. The normalized spacial score (nSPS) is 13.9. The third kappa shape index (κ3) is 10.7. The number of carbonyl (C=O) groups excluding carboxylic acids is 4. The van der Waals surface area contributed by atoms with Crippen molar-refractivity contribution in [2.45, 2.75) is 51.2 Å². The molecule has 12 heteroatoms. The van der Waals surface area contributed by atoms with Crippen LogP contribution < -0.4 is 27.4 Å². The molecule has 4 amide bonds. The molecule has 0 fully saturated rings. The first-order chi connectivity index (χ1) is 13.0. The average Bonchev–Trinajstić information content (AvgIpc) is 2.59. The molecule has 0 aliphatic heterocycles. The summed E-state index contributed by atoms with van der Waals surface area (Å²) in [4.78, 5) is 58.2. The largest absolute Gasteiger partial charge is 0.480 e. The molecule has 160 valence electrons. The Morgan fingerprint density at radius 2 is 1.57 bits per heavy atom. The fraction of sp³-hybridized carbons (Fsp3) is 0.688. The van der Waals surface area contributed by atoms with Gasteiger partial charge in [0.15, 0.2) is 0 Å². The van der Waals surface area contributed by atoms with Crippen LogP contribution in [0.5, 0.6) is 0 Å². The Bertz CT molecular complexity index is 586. The molecule has 0 spiro atoms. The van der Waals surface area contributed by atoms with Gasteiger partial charge in [-0.3, -0.25) is 24.0 Å². The van der Waals surface area contributed by atoms with Gasteiger partial charge in [0.1, 0.15) is 18.6 Å². The highest BCUT2D eigenvalue weighted by atomic mass is 32.1. The summed E-state index contributed by atoms with van der Waals surface area (Å²) in [6.45, 7) is 3.14. The Hall–Kier alpha value is -2.34. The summed E-state index contributed by atoms with van der Waals surface area (Å²) in [7, 11) is 0. The highest BCUT2D eigenvalue weighted by Gasteiger charge is 2.28. The number of carboxylic acid groups (broad SMARTS) is 1. The second-order valence-corrected chi connectivity index (χ2v) is 7.02. The van der Waals surface area contributed by atoms with Gasteiger partial charge in [0.2, 0.25) is 23.6 Å². The van der Waals surface area contributed by atoms with Crippen LogP contribution in [0.1, 0.15) is 33.1 Å². The van der Waals surface area contributed by atoms with Crippen LogP contribution in [-0.4, -0.2) is 65.1 Å². The van der Waals surface area contributed by atoms with E-state index in [4.69, 9.17) is 16.6 Å². The summed E-state index contributed by atoms with van der Waals surface area (Å²) in [5.74, 6) is -3.90. The second-order valence-electron chi connectivity index (χ2n) is 6.66. The topological polar surface area (TPSA) is 194 Å². The van der Waals surface area contributed by atoms with E-state index in [1.165, 1.54) is 0 Å². The minimum absolute atomic E-state index is 0.0642. The predicted molar refractivity (Wildman–Crippen MR) is 104 cm³/mol. The number of aliphatic carboxylic acids is 1. The molecule has 3 unspecified atom stereocenters. The zero-order valence-corrected chi connectivity index (χ0v) is 16.8. The molecule has 0 rings (SSSR count). The Kier molecular flexibility index (Phi) is 11.9. The number of rotatable bonds is 13. The van der Waals surface area contributed by atoms with Crippen molar-refractivity contribution in [3.05, 3.63) is 0 Å². The summed E-state index contributed by atoms with van der Waals surface area (Å²) in [6.07, 6.45) is 0.0841. The van der Waals surface area contributed by atoms with E-state index in [1.54, 1.807) is 0 Å². The number of hydrogen-bond donors (Lipinski definition) is 7. The van der Waals surface area contributed by atoms with Crippen molar-refractivity contribution in [2.75, 3.05) is 12.3 Å². The van der Waals surface area contributed by atoms with Crippen molar-refractivity contribution >= 4 is 42.2 Å². The molecule has 0 heterocycles. The van der Waals surface area contributed by atoms with Crippen molar-refractivity contribution < 1.29 is 29.1 Å². The van der Waals surface area contributed by atoms with E-state index >= 15 is 0 Å². The van der Waals surface area contributed by atoms with Gasteiger partial charge in [-0.25, -0.2) is 0 Å². The lowest BCUT2D eigenvalue weighted by Gasteiger charge is -2.23. The highest BCUT2D eigenvalue weighted by molar-refractivity contribution is 7.80. The molecular formula is C16H29N5O6S. The monoisotopic (exact) mass is 419 g/mol. The van der Waals surface area contributed by atoms with Crippen molar-refractivity contribution in [3.8, 4) is 0 Å². The fourth-order valence-electron chi connectivity index (χ4n) is 2.20. The van der Waals surface area contributed by atoms with Crippen molar-refractivity contribution in [2.24, 2.45) is 17.4 Å². The molecule has 0 saturated heterocycles. The Morgan fingerprint density at radius 1 is 1.00 bits per heavy atom. The molecule has 0 saturated carbocycles. The maximum absolute atomic E-state index is 12.4. The number of nitrogens with one attached hydrogen (secondary N) is 3. The molecular weight excluding hydrogens is 390 g/mol. The summed E-state index contributed by atoms with van der Waals surface area (Å²) in [5, 5.41) is 15.6. The third-order valence-electron chi connectivity index (χ3n) is 3.60. The molecule has 8 N–H and O–H groups in total. The Balaban J connectivity index is 5.01. The summed E-state index contributed by atoms with van der Waals surface area (Å²) in [5.41, 5.74) is 10.8. The van der Waals surface area contributed by atoms with E-state index in [9.17, 15) is 24.0 Å². The van der Waals surface area contributed by atoms with Gasteiger partial charge in [-0.05, 0) is 18.8 Å². The van der Waals surface area contributed by atoms with Crippen molar-refractivity contribution in [3.63, 3.8) is 0 Å². The number of hydrogen-bond acceptors (Lipinski definition) is 7. The maximum atomic E-state index is 12.4. The quantitative estimate of drug-likeness (QED) is 0.163. The summed E-state index contributed by atoms with van der Waals surface area (Å²) in [6, 6.07) is -3.08. The van der Waals surface area contributed by atoms with Crippen molar-refractivity contribution in [1.82, 2.24) is 16.0 Å². The zero-order chi connectivity index (χ0) is 21.9. The number of carbonyl (C=O) groups is 5. The number of primary amides is 1. The minimum atomic E-state index is -1.27. The average molecular weight is 420 g/mol. The van der Waals surface area contributed by atoms with E-state index in [0.29, 0.717) is 6.42 Å². The van der Waals surface area contributed by atoms with Gasteiger partial charge in [0.05, 0.1) is 6.04 Å². The molecule has 0 aliphatic carbocycles. The van der Waals surface area contributed by atoms with E-state index in [-0.39, 0.29) is 24.5 Å². The first kappa shape index (κ1) is 25.7. The lowest BCUT2D eigenvalue weighted by molar-refractivity contribution is -0.138. The smallest absolute Gasteiger partial charge is 0.322 e. The highest BCUT2D eigenvalue weighted by Crippen LogP contribution is 2.04. The van der Waals surface area contributed by atoms with Crippen LogP contribution >= 0.6 is 12.6 Å². The van der Waals surface area contributed by atoms with Gasteiger partial charge in [-0.1, -0.05) is 13.8 Å². The van der Waals surface area contributed by atoms with Crippen LogP contribution in [0.15, 0.2) is 0 Å². The van der Waals surface area contributed by atoms with E-state index < -0.39 is 54.3 Å². The molecule has 11 nitrogen and oxygen atoms in total. The zero-order valence-electron chi connectivity index (χ0n) is 15.9. The second kappa shape index (κ2) is 12.9. The fourth-order valence-corrected chi connectivity index (χ4v) is 2.46. The minimum Gasteiger partial charge on any atom is -0.480 e. The summed E-state index contributed by atoms with van der Waals surface area (Å²) >= 11 is 4.03. The SMILES string of the molecule is CC(C)CC(N)C(=O)NC(CS)C(=O)NC(CCC(N)=O)C(=O)NCC(=O)O. The van der Waals surface area contributed by atoms with E-state index in [1.807, 2.05) is 13.8 Å². The molecule has 0 bridgehead atoms. The van der Waals surface area contributed by atoms with Crippen LogP contribution in [0, 0.1) is 5.92 Å². The standard InChI is InChI=1S/C16H29N5O6S/c1-8(2)5-9(17)14(25)21-11(7-28)16(27)20-10(3-4-12(18)22)15(26)19-6-13(23)24/h8-11,28H,3-7,17H2,1-2H3,(H2,18,22)(H,19,26)(H,20,27)(H,21,25)(H,23,24). The van der Waals surface area contributed by atoms with Crippen LogP contribution in [0.4, 0.5) is 0 Å². The molecule has 0 aromatic rings. The van der Waals surface area contributed by atoms with Crippen LogP contribution in [0.25, 0.3) is 0 Å². The molecule has 28 heavy (non-hydrogen) atoms. The van der Waals surface area contributed by atoms with Crippen LogP contribution in [0.3, 0.4) is 0 Å². The van der Waals surface area contributed by atoms with Crippen molar-refractivity contribution in [1.29, 1.82) is 0 Å². The lowest BCUT2D eigenvalue weighted by Crippen LogP contribution is -2.56.